The summed E-state index contributed by atoms with van der Waals surface area (Å²) in [6, 6.07) is 19.6. The van der Waals surface area contributed by atoms with Crippen LogP contribution in [0.2, 0.25) is 0 Å². The van der Waals surface area contributed by atoms with E-state index in [9.17, 15) is 9.59 Å². The van der Waals surface area contributed by atoms with Crippen molar-refractivity contribution < 1.29 is 9.53 Å². The molecule has 34 heavy (non-hydrogen) atoms. The number of allylic oxidation sites excluding steroid dienone is 1. The monoisotopic (exact) mass is 484 g/mol. The lowest BCUT2D eigenvalue weighted by Crippen LogP contribution is -2.38. The van der Waals surface area contributed by atoms with Gasteiger partial charge in [0.25, 0.3) is 5.56 Å². The van der Waals surface area contributed by atoms with Crippen molar-refractivity contribution in [3.8, 4) is 5.75 Å². The molecule has 0 unspecified atom stereocenters. The number of fused-ring (bicyclic) bond motifs is 3. The van der Waals surface area contributed by atoms with Gasteiger partial charge in [-0.1, -0.05) is 53.8 Å². The number of thiazole rings is 1. The zero-order chi connectivity index (χ0) is 23.2. The van der Waals surface area contributed by atoms with Gasteiger partial charge in [-0.2, -0.15) is 0 Å². The SMILES string of the molecule is CC(=O)Oc1cccc(/C=c2/sc3n(c2=O)[C@@H](c2cccs2)C2=C(N=3)c3ccccc3CC2)c1. The summed E-state index contributed by atoms with van der Waals surface area (Å²) in [6.07, 6.45) is 3.67. The molecule has 2 aliphatic rings. The Bertz CT molecular complexity index is 1640. The fourth-order valence-corrected chi connectivity index (χ4v) is 6.55. The highest BCUT2D eigenvalue weighted by Gasteiger charge is 2.32. The molecule has 1 atom stereocenters. The number of carbonyl (C=O) groups excluding carboxylic acids is 1. The van der Waals surface area contributed by atoms with Gasteiger partial charge in [0.15, 0.2) is 4.80 Å². The standard InChI is InChI=1S/C27H20N2O3S2/c1-16(30)32-19-8-4-6-17(14-19)15-23-26(31)29-25(22-10-5-13-33-22)21-12-11-18-7-2-3-9-20(18)24(21)28-27(29)34-23/h2-10,13-15,25H,11-12H2,1H3/b23-15+/t25-/m1/s1. The Balaban J connectivity index is 1.55. The van der Waals surface area contributed by atoms with Crippen LogP contribution < -0.4 is 19.6 Å². The maximum atomic E-state index is 13.7. The lowest BCUT2D eigenvalue weighted by atomic mass is 9.85. The lowest BCUT2D eigenvalue weighted by Gasteiger charge is -2.30. The van der Waals surface area contributed by atoms with Gasteiger partial charge in [0.05, 0.1) is 16.3 Å². The predicted octanol–water partition coefficient (Wildman–Crippen LogP) is 4.31. The lowest BCUT2D eigenvalue weighted by molar-refractivity contribution is -0.131. The average Bonchev–Trinajstić information content (AvgIpc) is 3.46. The molecule has 0 spiro atoms. The zero-order valence-corrected chi connectivity index (χ0v) is 20.0. The third kappa shape index (κ3) is 3.57. The normalized spacial score (nSPS) is 17.0. The van der Waals surface area contributed by atoms with Gasteiger partial charge in [0, 0.05) is 17.4 Å². The van der Waals surface area contributed by atoms with Crippen LogP contribution in [-0.2, 0) is 11.2 Å². The van der Waals surface area contributed by atoms with Gasteiger partial charge in [-0.05, 0) is 59.2 Å². The van der Waals surface area contributed by atoms with E-state index in [0.29, 0.717) is 15.1 Å². The van der Waals surface area contributed by atoms with Crippen LogP contribution in [0.4, 0.5) is 0 Å². The van der Waals surface area contributed by atoms with Gasteiger partial charge < -0.3 is 4.74 Å². The highest BCUT2D eigenvalue weighted by Crippen LogP contribution is 2.42. The molecule has 1 aliphatic heterocycles. The minimum atomic E-state index is -0.377. The summed E-state index contributed by atoms with van der Waals surface area (Å²) in [5, 5.41) is 2.06. The van der Waals surface area contributed by atoms with Crippen molar-refractivity contribution in [2.24, 2.45) is 4.99 Å². The van der Waals surface area contributed by atoms with E-state index < -0.39 is 0 Å². The van der Waals surface area contributed by atoms with E-state index in [0.717, 1.165) is 34.5 Å². The quantitative estimate of drug-likeness (QED) is 0.322. The Labute approximate surface area is 203 Å². The van der Waals surface area contributed by atoms with Crippen LogP contribution in [0.1, 0.15) is 41.0 Å². The molecular weight excluding hydrogens is 464 g/mol. The molecule has 0 bridgehead atoms. The summed E-state index contributed by atoms with van der Waals surface area (Å²) >= 11 is 3.07. The zero-order valence-electron chi connectivity index (χ0n) is 18.4. The summed E-state index contributed by atoms with van der Waals surface area (Å²) in [4.78, 5) is 31.9. The first-order valence-corrected chi connectivity index (χ1v) is 12.7. The van der Waals surface area contributed by atoms with Crippen molar-refractivity contribution in [1.82, 2.24) is 4.57 Å². The molecule has 3 heterocycles. The highest BCUT2D eigenvalue weighted by atomic mass is 32.1. The molecule has 0 saturated carbocycles. The van der Waals surface area contributed by atoms with Crippen LogP contribution in [0.15, 0.2) is 81.4 Å². The molecule has 2 aromatic carbocycles. The van der Waals surface area contributed by atoms with Crippen molar-refractivity contribution in [3.63, 3.8) is 0 Å². The van der Waals surface area contributed by atoms with Crippen LogP contribution >= 0.6 is 22.7 Å². The maximum Gasteiger partial charge on any atom is 0.308 e. The van der Waals surface area contributed by atoms with Crippen LogP contribution in [0, 0.1) is 0 Å². The van der Waals surface area contributed by atoms with Gasteiger partial charge in [-0.3, -0.25) is 14.2 Å². The number of esters is 1. The predicted molar refractivity (Wildman–Crippen MR) is 135 cm³/mol. The molecule has 5 nitrogen and oxygen atoms in total. The Kier molecular flexibility index (Phi) is 5.16. The summed E-state index contributed by atoms with van der Waals surface area (Å²) in [5.74, 6) is 0.0795. The third-order valence-corrected chi connectivity index (χ3v) is 8.01. The van der Waals surface area contributed by atoms with Gasteiger partial charge in [-0.25, -0.2) is 4.99 Å². The number of benzene rings is 2. The molecule has 2 aromatic heterocycles. The number of aromatic nitrogens is 1. The van der Waals surface area contributed by atoms with Crippen LogP contribution in [0.5, 0.6) is 5.75 Å². The maximum absolute atomic E-state index is 13.7. The number of ether oxygens (including phenoxy) is 1. The second-order valence-electron chi connectivity index (χ2n) is 8.30. The van der Waals surface area contributed by atoms with Crippen LogP contribution in [-0.4, -0.2) is 10.5 Å². The van der Waals surface area contributed by atoms with E-state index in [-0.39, 0.29) is 17.6 Å². The Morgan fingerprint density at radius 3 is 2.82 bits per heavy atom. The molecule has 168 valence electrons. The van der Waals surface area contributed by atoms with Crippen molar-refractivity contribution in [1.29, 1.82) is 0 Å². The highest BCUT2D eigenvalue weighted by molar-refractivity contribution is 7.10. The minimum Gasteiger partial charge on any atom is -0.427 e. The average molecular weight is 485 g/mol. The molecule has 1 aliphatic carbocycles. The first-order valence-electron chi connectivity index (χ1n) is 11.0. The van der Waals surface area contributed by atoms with Crippen molar-refractivity contribution in [3.05, 3.63) is 113 Å². The number of thiophene rings is 1. The van der Waals surface area contributed by atoms with Crippen LogP contribution in [0.3, 0.4) is 0 Å². The van der Waals surface area contributed by atoms with E-state index in [4.69, 9.17) is 9.73 Å². The third-order valence-electron chi connectivity index (χ3n) is 6.10. The minimum absolute atomic E-state index is 0.0505. The van der Waals surface area contributed by atoms with Crippen molar-refractivity contribution in [2.75, 3.05) is 0 Å². The molecule has 0 radical (unpaired) electrons. The summed E-state index contributed by atoms with van der Waals surface area (Å²) in [7, 11) is 0. The summed E-state index contributed by atoms with van der Waals surface area (Å²) in [6.45, 7) is 1.37. The van der Waals surface area contributed by atoms with E-state index in [1.165, 1.54) is 29.4 Å². The smallest absolute Gasteiger partial charge is 0.308 e. The van der Waals surface area contributed by atoms with Crippen molar-refractivity contribution >= 4 is 40.4 Å². The molecule has 6 rings (SSSR count). The molecule has 0 amide bonds. The molecule has 0 saturated heterocycles. The van der Waals surface area contributed by atoms with E-state index >= 15 is 0 Å². The first-order chi connectivity index (χ1) is 16.6. The van der Waals surface area contributed by atoms with Gasteiger partial charge in [0.1, 0.15) is 5.75 Å². The van der Waals surface area contributed by atoms with E-state index in [2.05, 4.69) is 35.7 Å². The number of hydrogen-bond acceptors (Lipinski definition) is 6. The van der Waals surface area contributed by atoms with Crippen LogP contribution in [0.25, 0.3) is 11.8 Å². The summed E-state index contributed by atoms with van der Waals surface area (Å²) in [5.41, 5.74) is 5.42. The van der Waals surface area contributed by atoms with E-state index in [1.54, 1.807) is 23.5 Å². The fourth-order valence-electron chi connectivity index (χ4n) is 4.70. The topological polar surface area (TPSA) is 60.7 Å². The second kappa shape index (κ2) is 8.34. The molecular formula is C27H20N2O3S2. The number of aryl methyl sites for hydroxylation is 1. The number of nitrogens with zero attached hydrogens (tertiary/aromatic N) is 2. The number of hydrogen-bond donors (Lipinski definition) is 0. The van der Waals surface area contributed by atoms with Gasteiger partial charge in [-0.15, -0.1) is 11.3 Å². The molecule has 0 fully saturated rings. The Hall–Kier alpha value is -3.55. The van der Waals surface area contributed by atoms with Gasteiger partial charge >= 0.3 is 5.97 Å². The summed E-state index contributed by atoms with van der Waals surface area (Å²) < 4.78 is 7.66. The Morgan fingerprint density at radius 2 is 2.00 bits per heavy atom. The molecule has 0 N–H and O–H groups in total. The second-order valence-corrected chi connectivity index (χ2v) is 10.3. The molecule has 4 aromatic rings. The largest absolute Gasteiger partial charge is 0.427 e. The van der Waals surface area contributed by atoms with Gasteiger partial charge in [0.2, 0.25) is 0 Å². The number of rotatable bonds is 3. The first kappa shape index (κ1) is 21.0. The Morgan fingerprint density at radius 1 is 1.12 bits per heavy atom. The van der Waals surface area contributed by atoms with Crippen molar-refractivity contribution in [2.45, 2.75) is 25.8 Å². The van der Waals surface area contributed by atoms with E-state index in [1.807, 2.05) is 28.8 Å². The fraction of sp³-hybridized carbons (Fsp3) is 0.148. The number of carbonyl (C=O) groups is 1. The molecule has 7 heteroatoms.